The first-order valence-electron chi connectivity index (χ1n) is 16.8. The molecule has 0 atom stereocenters. The third-order valence-corrected chi connectivity index (χ3v) is 10.5. The van der Waals surface area contributed by atoms with Crippen molar-refractivity contribution < 1.29 is 44.8 Å². The first-order chi connectivity index (χ1) is 21.8. The van der Waals surface area contributed by atoms with Crippen LogP contribution in [0.25, 0.3) is 21.5 Å². The van der Waals surface area contributed by atoms with Crippen molar-refractivity contribution >= 4 is 25.4 Å². The van der Waals surface area contributed by atoms with Crippen molar-refractivity contribution in [1.82, 2.24) is 0 Å². The Hall–Kier alpha value is -2.61. The number of allylic oxidation sites excluding steroid dienone is 4. The molecule has 0 saturated heterocycles. The molecule has 3 aliphatic carbocycles. The number of benzene rings is 4. The molecule has 0 bridgehead atoms. The molecule has 3 aliphatic rings. The van der Waals surface area contributed by atoms with Crippen LogP contribution in [-0.4, -0.2) is 3.81 Å². The maximum absolute atomic E-state index is 2.99. The zero-order valence-electron chi connectivity index (χ0n) is 26.7. The molecule has 0 N–H and O–H groups in total. The molecule has 0 aliphatic heterocycles. The van der Waals surface area contributed by atoms with Crippen molar-refractivity contribution in [3.05, 3.63) is 150 Å². The fraction of sp³-hybridized carbons (Fsp3) is 0.302. The second-order valence-corrected chi connectivity index (χ2v) is 13.4. The van der Waals surface area contributed by atoms with Crippen LogP contribution in [0.1, 0.15) is 105 Å². The van der Waals surface area contributed by atoms with Crippen molar-refractivity contribution in [2.75, 3.05) is 0 Å². The Morgan fingerprint density at radius 3 is 1.41 bits per heavy atom. The topological polar surface area (TPSA) is 0 Å². The average Bonchev–Trinajstić information content (AvgIpc) is 3.82. The summed E-state index contributed by atoms with van der Waals surface area (Å²) < 4.78 is 1.33. The summed E-state index contributed by atoms with van der Waals surface area (Å²) in [5.41, 5.74) is 5.75. The Bertz CT molecular complexity index is 1580. The maximum atomic E-state index is 2.99. The molecule has 8 rings (SSSR count). The van der Waals surface area contributed by atoms with E-state index in [9.17, 15) is 0 Å². The Morgan fingerprint density at radius 1 is 0.587 bits per heavy atom. The van der Waals surface area contributed by atoms with E-state index in [0.29, 0.717) is 0 Å². The maximum Gasteiger partial charge on any atom is -0.0175 e. The molecule has 2 saturated carbocycles. The van der Waals surface area contributed by atoms with Crippen LogP contribution in [0, 0.1) is 6.08 Å². The van der Waals surface area contributed by atoms with Crippen molar-refractivity contribution in [3.63, 3.8) is 0 Å². The van der Waals surface area contributed by atoms with Gasteiger partial charge in [-0.2, -0.15) is 6.08 Å². The van der Waals surface area contributed by atoms with E-state index in [4.69, 9.17) is 0 Å². The minimum Gasteiger partial charge on any atom is -0.126 e. The average molecular weight is 680 g/mol. The molecule has 0 spiro atoms. The smallest absolute Gasteiger partial charge is 0.0175 e. The fourth-order valence-corrected chi connectivity index (χ4v) is 7.65. The molecule has 0 amide bonds. The van der Waals surface area contributed by atoms with Gasteiger partial charge < -0.3 is 24.8 Å². The molecule has 0 nitrogen and oxygen atoms in total. The van der Waals surface area contributed by atoms with Crippen LogP contribution in [0.5, 0.6) is 0 Å². The van der Waals surface area contributed by atoms with Crippen LogP contribution in [-0.2, 0) is 20.0 Å². The molecule has 5 aromatic rings. The van der Waals surface area contributed by atoms with Crippen LogP contribution >= 0.6 is 0 Å². The molecular formula is C43H44Cl2Ti-2. The van der Waals surface area contributed by atoms with Gasteiger partial charge in [0.25, 0.3) is 0 Å². The summed E-state index contributed by atoms with van der Waals surface area (Å²) in [6.45, 7) is 0. The molecule has 5 aromatic carbocycles. The Kier molecular flexibility index (Phi) is 14.7. The Balaban J connectivity index is 0.000000193. The third kappa shape index (κ3) is 9.48. The predicted octanol–water partition coefficient (Wildman–Crippen LogP) is 5.92. The number of halogens is 2. The molecule has 0 radical (unpaired) electrons. The van der Waals surface area contributed by atoms with Gasteiger partial charge in [0.1, 0.15) is 0 Å². The van der Waals surface area contributed by atoms with Crippen molar-refractivity contribution in [2.24, 2.45) is 0 Å². The second-order valence-electron chi connectivity index (χ2n) is 12.6. The van der Waals surface area contributed by atoms with Gasteiger partial charge in [-0.25, -0.2) is 12.2 Å². The summed E-state index contributed by atoms with van der Waals surface area (Å²) >= 11 is 2.16. The first-order valence-corrected chi connectivity index (χ1v) is 17.6. The Labute approximate surface area is 300 Å². The van der Waals surface area contributed by atoms with Gasteiger partial charge in [0.15, 0.2) is 0 Å². The van der Waals surface area contributed by atoms with E-state index in [1.165, 1.54) is 101 Å². The molecule has 236 valence electrons. The van der Waals surface area contributed by atoms with Gasteiger partial charge in [0.05, 0.1) is 0 Å². The number of hydrogen-bond donors (Lipinski definition) is 0. The summed E-state index contributed by atoms with van der Waals surface area (Å²) in [5.74, 6) is 1.59. The van der Waals surface area contributed by atoms with Crippen LogP contribution in [0.2, 0.25) is 0 Å². The largest absolute Gasteiger partial charge is 0.126 e. The number of hydrogen-bond acceptors (Lipinski definition) is 0. The quantitative estimate of drug-likeness (QED) is 0.164. The van der Waals surface area contributed by atoms with Crippen molar-refractivity contribution in [2.45, 2.75) is 82.5 Å². The van der Waals surface area contributed by atoms with E-state index in [2.05, 4.69) is 123 Å². The van der Waals surface area contributed by atoms with E-state index in [1.54, 1.807) is 11.1 Å². The van der Waals surface area contributed by atoms with Gasteiger partial charge in [-0.15, -0.1) is 46.2 Å². The van der Waals surface area contributed by atoms with Gasteiger partial charge >= 0.3 is 95.6 Å². The number of fused-ring (bicyclic) bond motifs is 3. The summed E-state index contributed by atoms with van der Waals surface area (Å²) in [6, 6.07) is 37.9. The zero-order chi connectivity index (χ0) is 30.0. The minimum absolute atomic E-state index is 0. The molecule has 2 fully saturated rings. The van der Waals surface area contributed by atoms with Gasteiger partial charge in [-0.1, -0.05) is 73.9 Å². The van der Waals surface area contributed by atoms with Crippen LogP contribution in [0.4, 0.5) is 0 Å². The van der Waals surface area contributed by atoms with Gasteiger partial charge in [-0.05, 0) is 37.5 Å². The van der Waals surface area contributed by atoms with Crippen LogP contribution in [0.3, 0.4) is 0 Å². The first kappa shape index (κ1) is 36.2. The summed E-state index contributed by atoms with van der Waals surface area (Å²) in [6.07, 6.45) is 24.1. The molecule has 0 aromatic heterocycles. The SMILES string of the molecule is [C-]1=CC=CC1.[Cl-].[Cl-].[Ti+2]=[C](c1ccccc1)c1ccccc1.c1cc2[cH-]c3ccc(C4CCCCC4)cc3c2cc1C1CCCCC1. The molecule has 0 heterocycles. The third-order valence-electron chi connectivity index (χ3n) is 9.62. The van der Waals surface area contributed by atoms with Crippen LogP contribution < -0.4 is 24.8 Å². The number of rotatable bonds is 4. The fourth-order valence-electron chi connectivity index (χ4n) is 7.13. The molecule has 46 heavy (non-hydrogen) atoms. The van der Waals surface area contributed by atoms with E-state index >= 15 is 0 Å². The van der Waals surface area contributed by atoms with E-state index < -0.39 is 0 Å². The molecular weight excluding hydrogens is 635 g/mol. The normalized spacial score (nSPS) is 16.0. The monoisotopic (exact) mass is 678 g/mol. The standard InChI is InChI=1S/C25H29.C13H10.C5H5.2ClH.Ti/c1-3-7-18(8-4-1)20-11-13-22-15-23-14-12-21(17-25(23)24(22)16-20)19-9-5-2-6-10-19;1-3-7-12(8-4-1)11-13-9-5-2-6-10-13;1-2-4-5-3-1;;;/h11-19H,1-10H2;1-10H;1-3H,4H2;2*1H;/q-1;;-1;;;+2/p-2. The van der Waals surface area contributed by atoms with Gasteiger partial charge in [0, 0.05) is 0 Å². The predicted molar refractivity (Wildman–Crippen MR) is 186 cm³/mol. The Morgan fingerprint density at radius 2 is 1.04 bits per heavy atom. The van der Waals surface area contributed by atoms with Gasteiger partial charge in [-0.3, -0.25) is 6.08 Å². The molecule has 3 heteroatoms. The van der Waals surface area contributed by atoms with E-state index in [-0.39, 0.29) is 24.8 Å². The minimum atomic E-state index is 0. The van der Waals surface area contributed by atoms with Crippen molar-refractivity contribution in [1.29, 1.82) is 0 Å². The van der Waals surface area contributed by atoms with E-state index in [0.717, 1.165) is 18.3 Å². The van der Waals surface area contributed by atoms with Crippen molar-refractivity contribution in [3.8, 4) is 0 Å². The second kappa shape index (κ2) is 18.7. The summed E-state index contributed by atoms with van der Waals surface area (Å²) in [4.78, 5) is 0. The van der Waals surface area contributed by atoms with E-state index in [1.807, 2.05) is 24.3 Å². The summed E-state index contributed by atoms with van der Waals surface area (Å²) in [5, 5.41) is 5.84. The summed E-state index contributed by atoms with van der Waals surface area (Å²) in [7, 11) is 0. The molecule has 0 unspecified atom stereocenters. The zero-order valence-corrected chi connectivity index (χ0v) is 29.8. The van der Waals surface area contributed by atoms with Crippen LogP contribution in [0.15, 0.2) is 121 Å². The van der Waals surface area contributed by atoms with Gasteiger partial charge in [0.2, 0.25) is 0 Å².